The van der Waals surface area contributed by atoms with Crippen molar-refractivity contribution in [2.45, 2.75) is 12.8 Å². The van der Waals surface area contributed by atoms with Crippen LogP contribution in [0.3, 0.4) is 0 Å². The van der Waals surface area contributed by atoms with E-state index in [1.165, 1.54) is 18.2 Å². The van der Waals surface area contributed by atoms with Gasteiger partial charge in [-0.3, -0.25) is 14.9 Å². The third kappa shape index (κ3) is 3.33. The van der Waals surface area contributed by atoms with Crippen molar-refractivity contribution in [1.29, 1.82) is 0 Å². The maximum atomic E-state index is 12.5. The van der Waals surface area contributed by atoms with Gasteiger partial charge >= 0.3 is 0 Å². The first-order valence-corrected chi connectivity index (χ1v) is 7.89. The molecule has 3 rings (SSSR count). The topological polar surface area (TPSA) is 72.7 Å². The zero-order valence-corrected chi connectivity index (χ0v) is 13.5. The number of hydrogen-bond acceptors (Lipinski definition) is 4. The van der Waals surface area contributed by atoms with Gasteiger partial charge in [-0.15, -0.1) is 0 Å². The average Bonchev–Trinajstić information content (AvgIpc) is 2.59. The highest BCUT2D eigenvalue weighted by atomic mass is 35.5. The molecular formula is C17H15ClN2O4. The number of para-hydroxylation sites is 1. The maximum Gasteiger partial charge on any atom is 0.271 e. The van der Waals surface area contributed by atoms with Crippen LogP contribution in [0.4, 0.5) is 11.4 Å². The first kappa shape index (κ1) is 16.3. The summed E-state index contributed by atoms with van der Waals surface area (Å²) in [5.74, 6) is 0.0810. The molecule has 0 bridgehead atoms. The molecule has 0 N–H and O–H groups in total. The summed E-state index contributed by atoms with van der Waals surface area (Å²) < 4.78 is 5.46. The summed E-state index contributed by atoms with van der Waals surface area (Å²) in [5.41, 5.74) is 1.93. The minimum Gasteiger partial charge on any atom is -0.482 e. The van der Waals surface area contributed by atoms with Gasteiger partial charge in [-0.2, -0.15) is 0 Å². The number of hydrogen-bond donors (Lipinski definition) is 0. The van der Waals surface area contributed by atoms with Gasteiger partial charge in [0.25, 0.3) is 11.6 Å². The molecule has 0 fully saturated rings. The van der Waals surface area contributed by atoms with Crippen LogP contribution in [-0.4, -0.2) is 24.0 Å². The predicted molar refractivity (Wildman–Crippen MR) is 90.7 cm³/mol. The van der Waals surface area contributed by atoms with Gasteiger partial charge in [0.05, 0.1) is 9.95 Å². The molecule has 1 aliphatic heterocycles. The predicted octanol–water partition coefficient (Wildman–Crippen LogP) is 3.61. The molecule has 0 aromatic heterocycles. The van der Waals surface area contributed by atoms with E-state index in [1.54, 1.807) is 4.90 Å². The van der Waals surface area contributed by atoms with E-state index in [-0.39, 0.29) is 29.0 Å². The Morgan fingerprint density at radius 1 is 1.29 bits per heavy atom. The van der Waals surface area contributed by atoms with Gasteiger partial charge in [-0.1, -0.05) is 29.8 Å². The molecule has 2 aromatic carbocycles. The zero-order chi connectivity index (χ0) is 17.1. The fourth-order valence-electron chi connectivity index (χ4n) is 2.73. The smallest absolute Gasteiger partial charge is 0.271 e. The fourth-order valence-corrected chi connectivity index (χ4v) is 2.96. The highest BCUT2D eigenvalue weighted by Crippen LogP contribution is 2.30. The SMILES string of the molecule is O=C(COc1ccc([N+](=O)[O-])cc1Cl)N1CCCc2ccccc21. The van der Waals surface area contributed by atoms with Gasteiger partial charge in [0.15, 0.2) is 6.61 Å². The fraction of sp³-hybridized carbons (Fsp3) is 0.235. The van der Waals surface area contributed by atoms with Crippen molar-refractivity contribution in [3.05, 3.63) is 63.2 Å². The number of non-ortho nitro benzene ring substituents is 1. The number of nitro groups is 1. The van der Waals surface area contributed by atoms with E-state index in [0.717, 1.165) is 24.1 Å². The molecule has 0 atom stereocenters. The van der Waals surface area contributed by atoms with Crippen molar-refractivity contribution in [3.8, 4) is 5.75 Å². The highest BCUT2D eigenvalue weighted by molar-refractivity contribution is 6.32. The number of carbonyl (C=O) groups is 1. The lowest BCUT2D eigenvalue weighted by atomic mass is 10.0. The first-order valence-electron chi connectivity index (χ1n) is 7.51. The zero-order valence-electron chi connectivity index (χ0n) is 12.8. The Kier molecular flexibility index (Phi) is 4.66. The van der Waals surface area contributed by atoms with Gasteiger partial charge in [-0.25, -0.2) is 0 Å². The Hall–Kier alpha value is -2.60. The van der Waals surface area contributed by atoms with E-state index in [9.17, 15) is 14.9 Å². The van der Waals surface area contributed by atoms with Crippen LogP contribution >= 0.6 is 11.6 Å². The highest BCUT2D eigenvalue weighted by Gasteiger charge is 2.22. The Labute approximate surface area is 143 Å². The maximum absolute atomic E-state index is 12.5. The minimum absolute atomic E-state index is 0.107. The van der Waals surface area contributed by atoms with Gasteiger partial charge in [0.2, 0.25) is 0 Å². The summed E-state index contributed by atoms with van der Waals surface area (Å²) in [6.07, 6.45) is 1.86. The van der Waals surface area contributed by atoms with E-state index >= 15 is 0 Å². The van der Waals surface area contributed by atoms with Crippen LogP contribution in [-0.2, 0) is 11.2 Å². The molecule has 0 aliphatic carbocycles. The number of anilines is 1. The number of aryl methyl sites for hydroxylation is 1. The molecule has 2 aromatic rings. The molecule has 0 spiro atoms. The van der Waals surface area contributed by atoms with Crippen molar-refractivity contribution in [2.24, 2.45) is 0 Å². The quantitative estimate of drug-likeness (QED) is 0.626. The van der Waals surface area contributed by atoms with Crippen LogP contribution in [0.5, 0.6) is 5.75 Å². The van der Waals surface area contributed by atoms with Gasteiger partial charge in [0.1, 0.15) is 5.75 Å². The third-order valence-corrected chi connectivity index (χ3v) is 4.18. The van der Waals surface area contributed by atoms with Gasteiger partial charge in [-0.05, 0) is 30.5 Å². The number of benzene rings is 2. The second-order valence-electron chi connectivity index (χ2n) is 5.44. The van der Waals surface area contributed by atoms with Crippen molar-refractivity contribution in [3.63, 3.8) is 0 Å². The van der Waals surface area contributed by atoms with Crippen LogP contribution in [0, 0.1) is 10.1 Å². The van der Waals surface area contributed by atoms with Crippen LogP contribution in [0.2, 0.25) is 5.02 Å². The van der Waals surface area contributed by atoms with Crippen molar-refractivity contribution in [2.75, 3.05) is 18.1 Å². The Balaban J connectivity index is 1.70. The second-order valence-corrected chi connectivity index (χ2v) is 5.85. The molecule has 1 aliphatic rings. The average molecular weight is 347 g/mol. The summed E-state index contributed by atoms with van der Waals surface area (Å²) in [7, 11) is 0. The van der Waals surface area contributed by atoms with Crippen LogP contribution in [0.25, 0.3) is 0 Å². The van der Waals surface area contributed by atoms with Crippen LogP contribution in [0.1, 0.15) is 12.0 Å². The number of amides is 1. The summed E-state index contributed by atoms with van der Waals surface area (Å²) in [4.78, 5) is 24.3. The number of halogens is 1. The van der Waals surface area contributed by atoms with Crippen molar-refractivity contribution in [1.82, 2.24) is 0 Å². The molecule has 7 heteroatoms. The molecule has 0 unspecified atom stereocenters. The van der Waals surface area contributed by atoms with Gasteiger partial charge in [0, 0.05) is 24.4 Å². The van der Waals surface area contributed by atoms with Crippen LogP contribution < -0.4 is 9.64 Å². The number of carbonyl (C=O) groups excluding carboxylic acids is 1. The largest absolute Gasteiger partial charge is 0.482 e. The second kappa shape index (κ2) is 6.88. The molecule has 0 saturated carbocycles. The summed E-state index contributed by atoms with van der Waals surface area (Å²) in [5, 5.41) is 10.8. The first-order chi connectivity index (χ1) is 11.6. The van der Waals surface area contributed by atoms with E-state index < -0.39 is 4.92 Å². The Morgan fingerprint density at radius 3 is 2.83 bits per heavy atom. The molecule has 0 radical (unpaired) electrons. The summed E-state index contributed by atoms with van der Waals surface area (Å²) in [6, 6.07) is 11.7. The number of rotatable bonds is 4. The number of nitro benzene ring substituents is 1. The normalized spacial score (nSPS) is 13.3. The van der Waals surface area contributed by atoms with E-state index in [0.29, 0.717) is 6.54 Å². The standard InChI is InChI=1S/C17H15ClN2O4/c18-14-10-13(20(22)23)7-8-16(14)24-11-17(21)19-9-3-5-12-4-1-2-6-15(12)19/h1-2,4,6-8,10H,3,5,9,11H2. The summed E-state index contributed by atoms with van der Waals surface area (Å²) in [6.45, 7) is 0.471. The number of nitrogens with zero attached hydrogens (tertiary/aromatic N) is 2. The van der Waals surface area contributed by atoms with E-state index in [4.69, 9.17) is 16.3 Å². The van der Waals surface area contributed by atoms with Crippen molar-refractivity contribution >= 4 is 28.9 Å². The molecular weight excluding hydrogens is 332 g/mol. The number of ether oxygens (including phenoxy) is 1. The van der Waals surface area contributed by atoms with Crippen molar-refractivity contribution < 1.29 is 14.5 Å². The monoisotopic (exact) mass is 346 g/mol. The van der Waals surface area contributed by atoms with Crippen LogP contribution in [0.15, 0.2) is 42.5 Å². The Morgan fingerprint density at radius 2 is 2.08 bits per heavy atom. The van der Waals surface area contributed by atoms with E-state index in [2.05, 4.69) is 0 Å². The van der Waals surface area contributed by atoms with E-state index in [1.807, 2.05) is 24.3 Å². The molecule has 6 nitrogen and oxygen atoms in total. The lowest BCUT2D eigenvalue weighted by Crippen LogP contribution is -2.38. The molecule has 124 valence electrons. The molecule has 24 heavy (non-hydrogen) atoms. The molecule has 1 amide bonds. The molecule has 0 saturated heterocycles. The lowest BCUT2D eigenvalue weighted by Gasteiger charge is -2.29. The molecule has 1 heterocycles. The number of fused-ring (bicyclic) bond motifs is 1. The summed E-state index contributed by atoms with van der Waals surface area (Å²) >= 11 is 5.97. The Bertz CT molecular complexity index is 794. The van der Waals surface area contributed by atoms with Gasteiger partial charge < -0.3 is 9.64 Å². The lowest BCUT2D eigenvalue weighted by molar-refractivity contribution is -0.384. The third-order valence-electron chi connectivity index (χ3n) is 3.89. The minimum atomic E-state index is -0.536.